The first-order valence-corrected chi connectivity index (χ1v) is 10.8. The van der Waals surface area contributed by atoms with Gasteiger partial charge in [-0.3, -0.25) is 4.79 Å². The van der Waals surface area contributed by atoms with Gasteiger partial charge in [-0.15, -0.1) is 11.3 Å². The maximum absolute atomic E-state index is 13.1. The number of anilines is 1. The number of para-hydroxylation sites is 1. The number of carbonyl (C=O) groups is 1. The van der Waals surface area contributed by atoms with Crippen molar-refractivity contribution in [3.63, 3.8) is 0 Å². The SMILES string of the molecule is Cc1nc(C(F)F)c(C(=O)Nc2ccccc2-c2ccc(S(=O)(=O)C(F)(F)F)cc2)s1. The minimum atomic E-state index is -5.50. The molecule has 31 heavy (non-hydrogen) atoms. The second-order valence-electron chi connectivity index (χ2n) is 6.22. The number of rotatable bonds is 5. The number of halogens is 5. The van der Waals surface area contributed by atoms with Gasteiger partial charge in [-0.05, 0) is 30.7 Å². The number of aryl methyl sites for hydroxylation is 1. The normalized spacial score (nSPS) is 12.2. The molecule has 0 aliphatic carbocycles. The Morgan fingerprint density at radius 3 is 2.26 bits per heavy atom. The zero-order valence-corrected chi connectivity index (χ0v) is 17.2. The molecule has 1 heterocycles. The van der Waals surface area contributed by atoms with Crippen molar-refractivity contribution in [3.05, 3.63) is 64.1 Å². The smallest absolute Gasteiger partial charge is 0.321 e. The van der Waals surface area contributed by atoms with Crippen LogP contribution in [0.15, 0.2) is 53.4 Å². The Kier molecular flexibility index (Phi) is 6.14. The van der Waals surface area contributed by atoms with E-state index in [9.17, 15) is 35.2 Å². The first-order valence-electron chi connectivity index (χ1n) is 8.49. The van der Waals surface area contributed by atoms with Crippen molar-refractivity contribution in [1.82, 2.24) is 4.98 Å². The number of nitrogens with zero attached hydrogens (tertiary/aromatic N) is 1. The fourth-order valence-corrected chi connectivity index (χ4v) is 4.31. The van der Waals surface area contributed by atoms with Gasteiger partial charge in [0.1, 0.15) is 10.6 Å². The number of thiazole rings is 1. The van der Waals surface area contributed by atoms with Crippen molar-refractivity contribution in [2.45, 2.75) is 23.8 Å². The molecule has 5 nitrogen and oxygen atoms in total. The van der Waals surface area contributed by atoms with Gasteiger partial charge < -0.3 is 5.32 Å². The van der Waals surface area contributed by atoms with Crippen LogP contribution in [0.25, 0.3) is 11.1 Å². The van der Waals surface area contributed by atoms with Crippen LogP contribution in [0.3, 0.4) is 0 Å². The Morgan fingerprint density at radius 2 is 1.68 bits per heavy atom. The number of sulfone groups is 1. The zero-order chi connectivity index (χ0) is 23.0. The lowest BCUT2D eigenvalue weighted by atomic mass is 10.0. The van der Waals surface area contributed by atoms with Crippen molar-refractivity contribution in [1.29, 1.82) is 0 Å². The van der Waals surface area contributed by atoms with Crippen LogP contribution >= 0.6 is 11.3 Å². The summed E-state index contributed by atoms with van der Waals surface area (Å²) in [5, 5.41) is 2.79. The van der Waals surface area contributed by atoms with E-state index in [1.54, 1.807) is 12.1 Å². The third-order valence-electron chi connectivity index (χ3n) is 4.13. The van der Waals surface area contributed by atoms with Gasteiger partial charge in [0.15, 0.2) is 0 Å². The van der Waals surface area contributed by atoms with Crippen LogP contribution in [0, 0.1) is 6.92 Å². The average Bonchev–Trinajstić information content (AvgIpc) is 3.10. The molecule has 12 heteroatoms. The number of carbonyl (C=O) groups excluding carboxylic acids is 1. The third-order valence-corrected chi connectivity index (χ3v) is 6.62. The molecular weight excluding hydrogens is 463 g/mol. The van der Waals surface area contributed by atoms with E-state index in [1.807, 2.05) is 0 Å². The molecule has 0 saturated heterocycles. The standard InChI is InChI=1S/C19H13F5N2O3S2/c1-10-25-15(17(20)21)16(30-10)18(27)26-14-5-3-2-4-13(14)11-6-8-12(9-7-11)31(28,29)19(22,23)24/h2-9,17H,1H3,(H,26,27). The number of benzene rings is 2. The molecule has 0 aliphatic heterocycles. The van der Waals surface area contributed by atoms with E-state index in [-0.39, 0.29) is 15.6 Å². The Balaban J connectivity index is 1.94. The highest BCUT2D eigenvalue weighted by Gasteiger charge is 2.46. The molecule has 0 bridgehead atoms. The number of nitrogens with one attached hydrogen (secondary N) is 1. The van der Waals surface area contributed by atoms with E-state index in [4.69, 9.17) is 0 Å². The number of alkyl halides is 5. The molecule has 0 unspecified atom stereocenters. The molecule has 1 amide bonds. The van der Waals surface area contributed by atoms with E-state index in [1.165, 1.54) is 19.1 Å². The Hall–Kier alpha value is -2.86. The number of hydrogen-bond acceptors (Lipinski definition) is 5. The predicted molar refractivity (Wildman–Crippen MR) is 105 cm³/mol. The molecule has 2 aromatic carbocycles. The summed E-state index contributed by atoms with van der Waals surface area (Å²) in [4.78, 5) is 15.0. The first kappa shape index (κ1) is 22.8. The van der Waals surface area contributed by atoms with Gasteiger partial charge in [0, 0.05) is 11.3 Å². The quantitative estimate of drug-likeness (QED) is 0.487. The Bertz CT molecular complexity index is 1220. The lowest BCUT2D eigenvalue weighted by molar-refractivity contribution is -0.0436. The largest absolute Gasteiger partial charge is 0.501 e. The molecule has 1 aromatic heterocycles. The van der Waals surface area contributed by atoms with Gasteiger partial charge in [-0.2, -0.15) is 13.2 Å². The molecule has 3 aromatic rings. The molecule has 1 N–H and O–H groups in total. The molecule has 0 atom stereocenters. The van der Waals surface area contributed by atoms with Gasteiger partial charge in [-0.1, -0.05) is 30.3 Å². The van der Waals surface area contributed by atoms with E-state index in [0.29, 0.717) is 11.1 Å². The lowest BCUT2D eigenvalue weighted by Crippen LogP contribution is -2.23. The highest BCUT2D eigenvalue weighted by Crippen LogP contribution is 2.34. The van der Waals surface area contributed by atoms with Crippen molar-refractivity contribution < 1.29 is 35.2 Å². The summed E-state index contributed by atoms with van der Waals surface area (Å²) in [6.07, 6.45) is -2.94. The second-order valence-corrected chi connectivity index (χ2v) is 9.37. The average molecular weight is 476 g/mol. The molecule has 0 fully saturated rings. The van der Waals surface area contributed by atoms with Crippen LogP contribution in [-0.2, 0) is 9.84 Å². The number of hydrogen-bond donors (Lipinski definition) is 1. The summed E-state index contributed by atoms with van der Waals surface area (Å²) in [5.41, 5.74) is -5.21. The van der Waals surface area contributed by atoms with E-state index >= 15 is 0 Å². The van der Waals surface area contributed by atoms with Crippen LogP contribution in [0.2, 0.25) is 0 Å². The van der Waals surface area contributed by atoms with Crippen molar-refractivity contribution in [2.24, 2.45) is 0 Å². The molecule has 0 aliphatic rings. The monoisotopic (exact) mass is 476 g/mol. The number of amides is 1. The molecule has 0 spiro atoms. The summed E-state index contributed by atoms with van der Waals surface area (Å²) in [5.74, 6) is -0.815. The van der Waals surface area contributed by atoms with E-state index < -0.39 is 38.3 Å². The summed E-state index contributed by atoms with van der Waals surface area (Å²) in [7, 11) is -5.50. The van der Waals surface area contributed by atoms with Gasteiger partial charge in [0.05, 0.1) is 9.90 Å². The van der Waals surface area contributed by atoms with Gasteiger partial charge in [0.2, 0.25) is 0 Å². The molecule has 3 rings (SSSR count). The zero-order valence-electron chi connectivity index (χ0n) is 15.6. The fourth-order valence-electron chi connectivity index (χ4n) is 2.72. The summed E-state index contributed by atoms with van der Waals surface area (Å²) >= 11 is 0.802. The van der Waals surface area contributed by atoms with Crippen molar-refractivity contribution in [2.75, 3.05) is 5.32 Å². The maximum atomic E-state index is 13.1. The van der Waals surface area contributed by atoms with E-state index in [2.05, 4.69) is 10.3 Å². The maximum Gasteiger partial charge on any atom is 0.501 e. The highest BCUT2D eigenvalue weighted by molar-refractivity contribution is 7.92. The first-order chi connectivity index (χ1) is 14.4. The number of aromatic nitrogens is 1. The molecule has 0 radical (unpaired) electrons. The van der Waals surface area contributed by atoms with Crippen LogP contribution < -0.4 is 5.32 Å². The summed E-state index contributed by atoms with van der Waals surface area (Å²) < 4.78 is 87.4. The van der Waals surface area contributed by atoms with Crippen LogP contribution in [0.4, 0.5) is 27.6 Å². The van der Waals surface area contributed by atoms with Crippen LogP contribution in [0.1, 0.15) is 26.8 Å². The Labute approximate surface area is 177 Å². The second kappa shape index (κ2) is 8.35. The van der Waals surface area contributed by atoms with Crippen LogP contribution in [0.5, 0.6) is 0 Å². The minimum absolute atomic E-state index is 0.199. The van der Waals surface area contributed by atoms with E-state index in [0.717, 1.165) is 35.6 Å². The van der Waals surface area contributed by atoms with Gasteiger partial charge >= 0.3 is 5.51 Å². The highest BCUT2D eigenvalue weighted by atomic mass is 32.2. The molecule has 0 saturated carbocycles. The fraction of sp³-hybridized carbons (Fsp3) is 0.158. The lowest BCUT2D eigenvalue weighted by Gasteiger charge is -2.12. The Morgan fingerprint density at radius 1 is 1.06 bits per heavy atom. The molecular formula is C19H13F5N2O3S2. The third kappa shape index (κ3) is 4.59. The van der Waals surface area contributed by atoms with Crippen molar-refractivity contribution in [3.8, 4) is 11.1 Å². The summed E-state index contributed by atoms with van der Waals surface area (Å²) in [6, 6.07) is 10.1. The predicted octanol–water partition coefficient (Wildman–Crippen LogP) is 5.60. The summed E-state index contributed by atoms with van der Waals surface area (Å²) in [6.45, 7) is 1.48. The molecule has 164 valence electrons. The minimum Gasteiger partial charge on any atom is -0.321 e. The van der Waals surface area contributed by atoms with Crippen LogP contribution in [-0.4, -0.2) is 24.8 Å². The topological polar surface area (TPSA) is 76.1 Å². The van der Waals surface area contributed by atoms with Gasteiger partial charge in [-0.25, -0.2) is 22.2 Å². The van der Waals surface area contributed by atoms with Crippen molar-refractivity contribution >= 4 is 32.8 Å². The van der Waals surface area contributed by atoms with Gasteiger partial charge in [0.25, 0.3) is 22.2 Å².